The average Bonchev–Trinajstić information content (AvgIpc) is 2.79. The number of aliphatic hydroxyl groups excluding tert-OH is 1. The molecule has 23 heavy (non-hydrogen) atoms. The summed E-state index contributed by atoms with van der Waals surface area (Å²) in [6.07, 6.45) is 3.14. The molecular formula is C17H18N4O2. The number of hydrogen-bond acceptors (Lipinski definition) is 5. The van der Waals surface area contributed by atoms with Crippen molar-refractivity contribution >= 4 is 5.82 Å². The topological polar surface area (TPSA) is 82.2 Å². The number of benzene rings is 1. The fourth-order valence-electron chi connectivity index (χ4n) is 2.96. The quantitative estimate of drug-likeness (QED) is 0.903. The summed E-state index contributed by atoms with van der Waals surface area (Å²) in [5.41, 5.74) is 2.27. The number of anilines is 1. The number of rotatable bonds is 3. The SMILES string of the molecule is N#Cc1c(N2CCc3ccccc3CC2)ncn(CCO)c1=O. The van der Waals surface area contributed by atoms with Gasteiger partial charge in [0.1, 0.15) is 12.4 Å². The van der Waals surface area contributed by atoms with E-state index in [9.17, 15) is 10.1 Å². The minimum Gasteiger partial charge on any atom is -0.395 e. The second-order valence-electron chi connectivity index (χ2n) is 5.53. The molecule has 1 aliphatic rings. The molecule has 2 heterocycles. The molecule has 0 unspecified atom stereocenters. The summed E-state index contributed by atoms with van der Waals surface area (Å²) in [6, 6.07) is 10.3. The second kappa shape index (κ2) is 6.63. The predicted octanol–water partition coefficient (Wildman–Crippen LogP) is 0.712. The Labute approximate surface area is 134 Å². The Morgan fingerprint density at radius 1 is 1.22 bits per heavy atom. The number of fused-ring (bicyclic) bond motifs is 1. The molecular weight excluding hydrogens is 292 g/mol. The van der Waals surface area contributed by atoms with Gasteiger partial charge in [0.25, 0.3) is 5.56 Å². The van der Waals surface area contributed by atoms with E-state index in [-0.39, 0.29) is 18.7 Å². The van der Waals surface area contributed by atoms with Gasteiger partial charge in [-0.3, -0.25) is 9.36 Å². The zero-order chi connectivity index (χ0) is 16.2. The van der Waals surface area contributed by atoms with Crippen LogP contribution in [0.25, 0.3) is 0 Å². The van der Waals surface area contributed by atoms with E-state index in [4.69, 9.17) is 5.11 Å². The molecule has 118 valence electrons. The van der Waals surface area contributed by atoms with Crippen molar-refractivity contribution in [1.29, 1.82) is 5.26 Å². The Morgan fingerprint density at radius 3 is 2.43 bits per heavy atom. The first-order valence-corrected chi connectivity index (χ1v) is 7.66. The van der Waals surface area contributed by atoms with Gasteiger partial charge in [-0.2, -0.15) is 5.26 Å². The van der Waals surface area contributed by atoms with Crippen LogP contribution >= 0.6 is 0 Å². The van der Waals surface area contributed by atoms with Crippen LogP contribution in [-0.2, 0) is 19.4 Å². The van der Waals surface area contributed by atoms with E-state index in [1.165, 1.54) is 22.0 Å². The number of nitrogens with zero attached hydrogens (tertiary/aromatic N) is 4. The molecule has 1 N–H and O–H groups in total. The van der Waals surface area contributed by atoms with E-state index in [1.54, 1.807) is 0 Å². The van der Waals surface area contributed by atoms with Crippen LogP contribution in [0.4, 0.5) is 5.82 Å². The minimum absolute atomic E-state index is 0.0481. The molecule has 3 rings (SSSR count). The lowest BCUT2D eigenvalue weighted by Crippen LogP contribution is -2.33. The third-order valence-electron chi connectivity index (χ3n) is 4.19. The maximum Gasteiger partial charge on any atom is 0.273 e. The summed E-state index contributed by atoms with van der Waals surface area (Å²) >= 11 is 0. The molecule has 0 amide bonds. The number of aromatic nitrogens is 2. The number of aliphatic hydroxyl groups is 1. The van der Waals surface area contributed by atoms with Crippen molar-refractivity contribution in [3.8, 4) is 6.07 Å². The molecule has 0 fully saturated rings. The third kappa shape index (κ3) is 2.96. The van der Waals surface area contributed by atoms with Crippen LogP contribution in [-0.4, -0.2) is 34.4 Å². The Balaban J connectivity index is 1.93. The van der Waals surface area contributed by atoms with Gasteiger partial charge in [0.05, 0.1) is 13.2 Å². The van der Waals surface area contributed by atoms with Gasteiger partial charge in [-0.15, -0.1) is 0 Å². The fourth-order valence-corrected chi connectivity index (χ4v) is 2.96. The molecule has 1 aromatic heterocycles. The summed E-state index contributed by atoms with van der Waals surface area (Å²) in [6.45, 7) is 1.43. The zero-order valence-electron chi connectivity index (χ0n) is 12.8. The van der Waals surface area contributed by atoms with E-state index in [0.717, 1.165) is 25.9 Å². The molecule has 0 bridgehead atoms. The van der Waals surface area contributed by atoms with E-state index in [1.807, 2.05) is 23.1 Å². The van der Waals surface area contributed by atoms with Crippen molar-refractivity contribution in [2.75, 3.05) is 24.6 Å². The highest BCUT2D eigenvalue weighted by molar-refractivity contribution is 5.53. The molecule has 0 radical (unpaired) electrons. The number of hydrogen-bond donors (Lipinski definition) is 1. The van der Waals surface area contributed by atoms with E-state index in [2.05, 4.69) is 17.1 Å². The van der Waals surface area contributed by atoms with Gasteiger partial charge < -0.3 is 10.0 Å². The van der Waals surface area contributed by atoms with Crippen LogP contribution in [0, 0.1) is 11.3 Å². The van der Waals surface area contributed by atoms with Gasteiger partial charge in [-0.05, 0) is 24.0 Å². The lowest BCUT2D eigenvalue weighted by molar-refractivity contribution is 0.273. The average molecular weight is 310 g/mol. The lowest BCUT2D eigenvalue weighted by Gasteiger charge is -2.22. The van der Waals surface area contributed by atoms with Gasteiger partial charge in [-0.1, -0.05) is 24.3 Å². The van der Waals surface area contributed by atoms with Crippen molar-refractivity contribution in [2.24, 2.45) is 0 Å². The Bertz CT molecular complexity index is 780. The molecule has 6 heteroatoms. The number of nitriles is 1. The Hall–Kier alpha value is -2.65. The van der Waals surface area contributed by atoms with Gasteiger partial charge >= 0.3 is 0 Å². The molecule has 0 spiro atoms. The first-order chi connectivity index (χ1) is 11.2. The smallest absolute Gasteiger partial charge is 0.273 e. The summed E-state index contributed by atoms with van der Waals surface area (Å²) < 4.78 is 1.27. The van der Waals surface area contributed by atoms with Crippen LogP contribution in [0.15, 0.2) is 35.4 Å². The van der Waals surface area contributed by atoms with Gasteiger partial charge in [0.15, 0.2) is 11.4 Å². The molecule has 0 saturated heterocycles. The lowest BCUT2D eigenvalue weighted by atomic mass is 10.0. The second-order valence-corrected chi connectivity index (χ2v) is 5.53. The maximum atomic E-state index is 12.3. The maximum absolute atomic E-state index is 12.3. The van der Waals surface area contributed by atoms with Crippen LogP contribution < -0.4 is 10.5 Å². The molecule has 0 aliphatic carbocycles. The van der Waals surface area contributed by atoms with E-state index in [0.29, 0.717) is 5.82 Å². The first-order valence-electron chi connectivity index (χ1n) is 7.66. The normalized spacial score (nSPS) is 14.0. The van der Waals surface area contributed by atoms with Crippen LogP contribution in [0.1, 0.15) is 16.7 Å². The monoisotopic (exact) mass is 310 g/mol. The molecule has 0 saturated carbocycles. The van der Waals surface area contributed by atoms with Gasteiger partial charge in [0, 0.05) is 13.1 Å². The van der Waals surface area contributed by atoms with E-state index < -0.39 is 5.56 Å². The summed E-state index contributed by atoms with van der Waals surface area (Å²) in [7, 11) is 0. The largest absolute Gasteiger partial charge is 0.395 e. The first kappa shape index (κ1) is 15.3. The van der Waals surface area contributed by atoms with Crippen LogP contribution in [0.2, 0.25) is 0 Å². The van der Waals surface area contributed by atoms with Crippen molar-refractivity contribution < 1.29 is 5.11 Å². The standard InChI is InChI=1S/C17H18N4O2/c18-11-15-16(19-12-21(9-10-22)17(15)23)20-7-5-13-3-1-2-4-14(13)6-8-20/h1-4,12,22H,5-10H2. The highest BCUT2D eigenvalue weighted by Crippen LogP contribution is 2.20. The highest BCUT2D eigenvalue weighted by atomic mass is 16.3. The molecule has 0 atom stereocenters. The molecule has 1 aromatic carbocycles. The molecule has 1 aliphatic heterocycles. The predicted molar refractivity (Wildman–Crippen MR) is 86.4 cm³/mol. The van der Waals surface area contributed by atoms with Crippen molar-refractivity contribution in [2.45, 2.75) is 19.4 Å². The van der Waals surface area contributed by atoms with Gasteiger partial charge in [0.2, 0.25) is 0 Å². The Kier molecular flexibility index (Phi) is 4.40. The van der Waals surface area contributed by atoms with Crippen molar-refractivity contribution in [1.82, 2.24) is 9.55 Å². The summed E-state index contributed by atoms with van der Waals surface area (Å²) in [5, 5.41) is 18.4. The fraction of sp³-hybridized carbons (Fsp3) is 0.353. The minimum atomic E-state index is -0.395. The van der Waals surface area contributed by atoms with Crippen LogP contribution in [0.3, 0.4) is 0 Å². The summed E-state index contributed by atoms with van der Waals surface area (Å²) in [4.78, 5) is 18.6. The zero-order valence-corrected chi connectivity index (χ0v) is 12.8. The van der Waals surface area contributed by atoms with E-state index >= 15 is 0 Å². The summed E-state index contributed by atoms with van der Waals surface area (Å²) in [5.74, 6) is 0.444. The molecule has 6 nitrogen and oxygen atoms in total. The van der Waals surface area contributed by atoms with Crippen molar-refractivity contribution in [3.63, 3.8) is 0 Å². The third-order valence-corrected chi connectivity index (χ3v) is 4.19. The van der Waals surface area contributed by atoms with Crippen LogP contribution in [0.5, 0.6) is 0 Å². The Morgan fingerprint density at radius 2 is 1.87 bits per heavy atom. The van der Waals surface area contributed by atoms with Gasteiger partial charge in [-0.25, -0.2) is 4.98 Å². The van der Waals surface area contributed by atoms with Crippen molar-refractivity contribution in [3.05, 3.63) is 57.6 Å². The highest BCUT2D eigenvalue weighted by Gasteiger charge is 2.20. The molecule has 2 aromatic rings.